The van der Waals surface area contributed by atoms with Gasteiger partial charge in [-0.05, 0) is 30.4 Å². The molecule has 106 valence electrons. The van der Waals surface area contributed by atoms with E-state index >= 15 is 0 Å². The highest BCUT2D eigenvalue weighted by Crippen LogP contribution is 2.25. The molecule has 2 N–H and O–H groups in total. The van der Waals surface area contributed by atoms with Crippen LogP contribution in [0.4, 0.5) is 5.82 Å². The molecule has 1 unspecified atom stereocenters. The summed E-state index contributed by atoms with van der Waals surface area (Å²) in [5.74, 6) is 0.525. The standard InChI is InChI=1S/C14H16N2O3S/c15-13-8-10-4-1-2-6-12(10)14(17)16(13)11-5-3-7-20(18,19)9-11/h1-2,4,6,8,11H,3,5,7,9,15H2. The van der Waals surface area contributed by atoms with Gasteiger partial charge in [-0.25, -0.2) is 8.42 Å². The fourth-order valence-electron chi connectivity index (χ4n) is 2.87. The molecule has 1 aromatic carbocycles. The minimum atomic E-state index is -3.08. The molecule has 1 aromatic heterocycles. The lowest BCUT2D eigenvalue weighted by molar-refractivity contribution is 0.467. The Morgan fingerprint density at radius 3 is 2.75 bits per heavy atom. The van der Waals surface area contributed by atoms with Gasteiger partial charge in [0.1, 0.15) is 5.82 Å². The van der Waals surface area contributed by atoms with E-state index in [0.717, 1.165) is 5.39 Å². The number of aromatic nitrogens is 1. The van der Waals surface area contributed by atoms with Crippen LogP contribution in [0.3, 0.4) is 0 Å². The Morgan fingerprint density at radius 2 is 2.00 bits per heavy atom. The monoisotopic (exact) mass is 292 g/mol. The van der Waals surface area contributed by atoms with Gasteiger partial charge in [0.25, 0.3) is 5.56 Å². The smallest absolute Gasteiger partial charge is 0.260 e. The number of fused-ring (bicyclic) bond motifs is 1. The summed E-state index contributed by atoms with van der Waals surface area (Å²) in [5, 5.41) is 1.36. The predicted octanol–water partition coefficient (Wildman–Crippen LogP) is 1.33. The molecule has 0 aliphatic carbocycles. The third-order valence-corrected chi connectivity index (χ3v) is 5.60. The van der Waals surface area contributed by atoms with Gasteiger partial charge in [0.05, 0.1) is 17.5 Å². The Labute approximate surface area is 116 Å². The van der Waals surface area contributed by atoms with Crippen molar-refractivity contribution in [2.24, 2.45) is 0 Å². The minimum Gasteiger partial charge on any atom is -0.385 e. The van der Waals surface area contributed by atoms with Gasteiger partial charge in [-0.15, -0.1) is 0 Å². The number of hydrogen-bond donors (Lipinski definition) is 1. The molecule has 5 nitrogen and oxygen atoms in total. The molecule has 0 saturated carbocycles. The molecule has 1 saturated heterocycles. The molecule has 0 amide bonds. The van der Waals surface area contributed by atoms with Crippen LogP contribution in [-0.4, -0.2) is 24.5 Å². The molecule has 0 spiro atoms. The largest absolute Gasteiger partial charge is 0.385 e. The third kappa shape index (κ3) is 2.20. The summed E-state index contributed by atoms with van der Waals surface area (Å²) in [6, 6.07) is 8.59. The first-order chi connectivity index (χ1) is 9.48. The zero-order valence-corrected chi connectivity index (χ0v) is 11.8. The molecule has 6 heteroatoms. The van der Waals surface area contributed by atoms with Crippen molar-refractivity contribution in [3.05, 3.63) is 40.7 Å². The van der Waals surface area contributed by atoms with Crippen molar-refractivity contribution in [2.45, 2.75) is 18.9 Å². The molecule has 2 heterocycles. The molecule has 2 aromatic rings. The number of hydrogen-bond acceptors (Lipinski definition) is 4. The van der Waals surface area contributed by atoms with Crippen molar-refractivity contribution in [1.29, 1.82) is 0 Å². The fraction of sp³-hybridized carbons (Fsp3) is 0.357. The molecule has 0 radical (unpaired) electrons. The third-order valence-electron chi connectivity index (χ3n) is 3.80. The molecular formula is C14H16N2O3S. The Morgan fingerprint density at radius 1 is 1.25 bits per heavy atom. The van der Waals surface area contributed by atoms with Crippen molar-refractivity contribution in [2.75, 3.05) is 17.2 Å². The maximum Gasteiger partial charge on any atom is 0.260 e. The molecule has 20 heavy (non-hydrogen) atoms. The van der Waals surface area contributed by atoms with Crippen LogP contribution >= 0.6 is 0 Å². The van der Waals surface area contributed by atoms with Crippen LogP contribution in [0.1, 0.15) is 18.9 Å². The molecule has 1 aliphatic heterocycles. The second kappa shape index (κ2) is 4.63. The lowest BCUT2D eigenvalue weighted by atomic mass is 10.1. The van der Waals surface area contributed by atoms with Crippen molar-refractivity contribution in [3.8, 4) is 0 Å². The Bertz CT molecular complexity index is 824. The van der Waals surface area contributed by atoms with Crippen LogP contribution in [0.15, 0.2) is 35.1 Å². The molecule has 0 bridgehead atoms. The Kier molecular flexibility index (Phi) is 3.05. The number of nitrogens with two attached hydrogens (primary N) is 1. The van der Waals surface area contributed by atoms with Gasteiger partial charge < -0.3 is 5.73 Å². The Balaban J connectivity index is 2.19. The van der Waals surface area contributed by atoms with Crippen molar-refractivity contribution < 1.29 is 8.42 Å². The summed E-state index contributed by atoms with van der Waals surface area (Å²) in [6.07, 6.45) is 1.24. The van der Waals surface area contributed by atoms with Crippen LogP contribution in [0, 0.1) is 0 Å². The van der Waals surface area contributed by atoms with Crippen molar-refractivity contribution in [1.82, 2.24) is 4.57 Å². The van der Waals surface area contributed by atoms with Crippen LogP contribution in [0.5, 0.6) is 0 Å². The van der Waals surface area contributed by atoms with E-state index in [1.807, 2.05) is 12.1 Å². The zero-order chi connectivity index (χ0) is 14.3. The van der Waals surface area contributed by atoms with E-state index in [0.29, 0.717) is 24.0 Å². The first kappa shape index (κ1) is 13.2. The lowest BCUT2D eigenvalue weighted by Crippen LogP contribution is -2.35. The number of rotatable bonds is 1. The first-order valence-corrected chi connectivity index (χ1v) is 8.40. The van der Waals surface area contributed by atoms with Gasteiger partial charge in [-0.2, -0.15) is 0 Å². The summed E-state index contributed by atoms with van der Waals surface area (Å²) >= 11 is 0. The summed E-state index contributed by atoms with van der Waals surface area (Å²) in [5.41, 5.74) is 5.77. The minimum absolute atomic E-state index is 0.00452. The maximum atomic E-state index is 12.5. The van der Waals surface area contributed by atoms with E-state index in [9.17, 15) is 13.2 Å². The van der Waals surface area contributed by atoms with Crippen molar-refractivity contribution >= 4 is 26.4 Å². The number of anilines is 1. The van der Waals surface area contributed by atoms with E-state index in [2.05, 4.69) is 0 Å². The quantitative estimate of drug-likeness (QED) is 0.859. The maximum absolute atomic E-state index is 12.5. The number of benzene rings is 1. The van der Waals surface area contributed by atoms with E-state index in [-0.39, 0.29) is 23.1 Å². The number of pyridine rings is 1. The van der Waals surface area contributed by atoms with E-state index in [4.69, 9.17) is 5.73 Å². The van der Waals surface area contributed by atoms with Gasteiger partial charge >= 0.3 is 0 Å². The molecule has 1 fully saturated rings. The number of nitrogens with zero attached hydrogens (tertiary/aromatic N) is 1. The Hall–Kier alpha value is -1.82. The van der Waals surface area contributed by atoms with Crippen LogP contribution < -0.4 is 11.3 Å². The van der Waals surface area contributed by atoms with E-state index < -0.39 is 9.84 Å². The second-order valence-corrected chi connectivity index (χ2v) is 7.47. The molecule has 1 aliphatic rings. The molecule has 3 rings (SSSR count). The highest BCUT2D eigenvalue weighted by atomic mass is 32.2. The molecule has 1 atom stereocenters. The summed E-state index contributed by atoms with van der Waals surface area (Å²) in [6.45, 7) is 0. The van der Waals surface area contributed by atoms with E-state index in [1.54, 1.807) is 18.2 Å². The highest BCUT2D eigenvalue weighted by Gasteiger charge is 2.28. The predicted molar refractivity (Wildman–Crippen MR) is 79.5 cm³/mol. The molecular weight excluding hydrogens is 276 g/mol. The summed E-state index contributed by atoms with van der Waals surface area (Å²) in [4.78, 5) is 12.5. The van der Waals surface area contributed by atoms with Crippen LogP contribution in [0.25, 0.3) is 10.8 Å². The zero-order valence-electron chi connectivity index (χ0n) is 11.0. The average Bonchev–Trinajstić information content (AvgIpc) is 2.37. The lowest BCUT2D eigenvalue weighted by Gasteiger charge is -2.25. The number of nitrogen functional groups attached to an aromatic ring is 1. The van der Waals surface area contributed by atoms with Gasteiger partial charge in [-0.1, -0.05) is 18.2 Å². The second-order valence-electron chi connectivity index (χ2n) is 5.24. The van der Waals surface area contributed by atoms with Crippen LogP contribution in [-0.2, 0) is 9.84 Å². The SMILES string of the molecule is Nc1cc2ccccc2c(=O)n1C1CCCS(=O)(=O)C1. The normalized spacial score (nSPS) is 21.9. The fourth-order valence-corrected chi connectivity index (χ4v) is 4.55. The summed E-state index contributed by atoms with van der Waals surface area (Å²) < 4.78 is 25.0. The van der Waals surface area contributed by atoms with E-state index in [1.165, 1.54) is 4.57 Å². The van der Waals surface area contributed by atoms with Gasteiger partial charge in [-0.3, -0.25) is 9.36 Å². The summed E-state index contributed by atoms with van der Waals surface area (Å²) in [7, 11) is -3.08. The van der Waals surface area contributed by atoms with Gasteiger partial charge in [0.2, 0.25) is 0 Å². The first-order valence-electron chi connectivity index (χ1n) is 6.58. The highest BCUT2D eigenvalue weighted by molar-refractivity contribution is 7.91. The average molecular weight is 292 g/mol. The topological polar surface area (TPSA) is 82.2 Å². The number of sulfone groups is 1. The van der Waals surface area contributed by atoms with Crippen molar-refractivity contribution in [3.63, 3.8) is 0 Å². The van der Waals surface area contributed by atoms with Gasteiger partial charge in [0, 0.05) is 5.39 Å². The van der Waals surface area contributed by atoms with Crippen LogP contribution in [0.2, 0.25) is 0 Å². The van der Waals surface area contributed by atoms with Gasteiger partial charge in [0.15, 0.2) is 9.84 Å².